The minimum absolute atomic E-state index is 0.106. The van der Waals surface area contributed by atoms with Gasteiger partial charge in [0.1, 0.15) is 0 Å². The first-order chi connectivity index (χ1) is 13.1. The molecule has 3 aromatic carbocycles. The zero-order valence-corrected chi connectivity index (χ0v) is 14.8. The largest absolute Gasteiger partial charge is 0.410 e. The van der Waals surface area contributed by atoms with Crippen molar-refractivity contribution in [1.82, 2.24) is 0 Å². The second kappa shape index (κ2) is 8.29. The number of ketones is 1. The SMILES string of the molecule is O=C(C(=NO)c1ccc([N+](=O)[O-])cc1)c1ccc(Sc2ccccc2)cc1. The predicted octanol–water partition coefficient (Wildman–Crippen LogP) is 4.81. The Morgan fingerprint density at radius 2 is 1.41 bits per heavy atom. The Morgan fingerprint density at radius 3 is 1.96 bits per heavy atom. The van der Waals surface area contributed by atoms with Crippen molar-refractivity contribution >= 4 is 28.9 Å². The Morgan fingerprint density at radius 1 is 0.852 bits per heavy atom. The number of carbonyl (C=O) groups excluding carboxylic acids is 1. The molecule has 0 saturated heterocycles. The lowest BCUT2D eigenvalue weighted by Gasteiger charge is -2.06. The minimum Gasteiger partial charge on any atom is -0.410 e. The van der Waals surface area contributed by atoms with Crippen molar-refractivity contribution in [2.75, 3.05) is 0 Å². The fraction of sp³-hybridized carbons (Fsp3) is 0. The summed E-state index contributed by atoms with van der Waals surface area (Å²) in [6.45, 7) is 0. The Hall–Kier alpha value is -3.45. The Labute approximate surface area is 159 Å². The Bertz CT molecular complexity index is 985. The molecule has 1 N–H and O–H groups in total. The van der Waals surface area contributed by atoms with Crippen molar-refractivity contribution in [3.63, 3.8) is 0 Å². The summed E-state index contributed by atoms with van der Waals surface area (Å²) in [4.78, 5) is 24.9. The number of hydrogen-bond acceptors (Lipinski definition) is 6. The molecule has 0 atom stereocenters. The second-order valence-corrected chi connectivity index (χ2v) is 6.67. The first-order valence-electron chi connectivity index (χ1n) is 7.93. The number of rotatable bonds is 6. The molecule has 0 aromatic heterocycles. The van der Waals surface area contributed by atoms with Gasteiger partial charge in [-0.15, -0.1) is 0 Å². The van der Waals surface area contributed by atoms with E-state index in [0.717, 1.165) is 9.79 Å². The molecule has 6 nitrogen and oxygen atoms in total. The van der Waals surface area contributed by atoms with Gasteiger partial charge in [0, 0.05) is 33.1 Å². The van der Waals surface area contributed by atoms with Crippen LogP contribution in [0.25, 0.3) is 0 Å². The van der Waals surface area contributed by atoms with Gasteiger partial charge in [-0.1, -0.05) is 35.1 Å². The van der Waals surface area contributed by atoms with E-state index in [-0.39, 0.29) is 11.4 Å². The van der Waals surface area contributed by atoms with Crippen LogP contribution in [-0.2, 0) is 0 Å². The number of non-ortho nitro benzene ring substituents is 1. The highest BCUT2D eigenvalue weighted by atomic mass is 32.2. The van der Waals surface area contributed by atoms with Crippen molar-refractivity contribution < 1.29 is 14.9 Å². The number of oxime groups is 1. The highest BCUT2D eigenvalue weighted by molar-refractivity contribution is 7.99. The maximum Gasteiger partial charge on any atom is 0.269 e. The van der Waals surface area contributed by atoms with E-state index in [0.29, 0.717) is 11.1 Å². The molecule has 0 aliphatic heterocycles. The number of hydrogen-bond donors (Lipinski definition) is 1. The quantitative estimate of drug-likeness (QED) is 0.218. The average Bonchev–Trinajstić information content (AvgIpc) is 2.70. The summed E-state index contributed by atoms with van der Waals surface area (Å²) >= 11 is 1.57. The van der Waals surface area contributed by atoms with E-state index in [4.69, 9.17) is 0 Å². The van der Waals surface area contributed by atoms with E-state index in [2.05, 4.69) is 5.16 Å². The standard InChI is InChI=1S/C20H14N2O4S/c23-20(19(21-24)14-6-10-16(11-7-14)22(25)26)15-8-12-18(13-9-15)27-17-4-2-1-3-5-17/h1-13,24H. The van der Waals surface area contributed by atoms with Gasteiger partial charge < -0.3 is 5.21 Å². The van der Waals surface area contributed by atoms with Gasteiger partial charge >= 0.3 is 0 Å². The zero-order chi connectivity index (χ0) is 19.2. The number of benzene rings is 3. The smallest absolute Gasteiger partial charge is 0.269 e. The third-order valence-corrected chi connectivity index (χ3v) is 4.78. The fourth-order valence-corrected chi connectivity index (χ4v) is 3.25. The van der Waals surface area contributed by atoms with Crippen molar-refractivity contribution in [1.29, 1.82) is 0 Å². The summed E-state index contributed by atoms with van der Waals surface area (Å²) in [6, 6.07) is 22.1. The summed E-state index contributed by atoms with van der Waals surface area (Å²) < 4.78 is 0. The molecule has 0 heterocycles. The monoisotopic (exact) mass is 378 g/mol. The van der Waals surface area contributed by atoms with E-state index >= 15 is 0 Å². The Balaban J connectivity index is 1.78. The van der Waals surface area contributed by atoms with Gasteiger partial charge in [0.25, 0.3) is 5.69 Å². The number of nitro benzene ring substituents is 1. The molecule has 0 spiro atoms. The third-order valence-electron chi connectivity index (χ3n) is 3.76. The molecule has 0 saturated carbocycles. The van der Waals surface area contributed by atoms with Gasteiger partial charge in [-0.25, -0.2) is 0 Å². The van der Waals surface area contributed by atoms with Crippen LogP contribution in [0.15, 0.2) is 93.8 Å². The maximum absolute atomic E-state index is 12.6. The van der Waals surface area contributed by atoms with Gasteiger partial charge in [-0.2, -0.15) is 0 Å². The van der Waals surface area contributed by atoms with Crippen molar-refractivity contribution in [2.24, 2.45) is 5.16 Å². The number of Topliss-reactive ketones (excluding diaryl/α,β-unsaturated/α-hetero) is 1. The summed E-state index contributed by atoms with van der Waals surface area (Å²) in [5.41, 5.74) is 0.383. The minimum atomic E-state index is -0.537. The van der Waals surface area contributed by atoms with Crippen LogP contribution in [0.1, 0.15) is 15.9 Å². The topological polar surface area (TPSA) is 92.8 Å². The lowest BCUT2D eigenvalue weighted by Crippen LogP contribution is -2.16. The summed E-state index contributed by atoms with van der Waals surface area (Å²) in [6.07, 6.45) is 0. The molecule has 0 unspecified atom stereocenters. The van der Waals surface area contributed by atoms with Crippen LogP contribution < -0.4 is 0 Å². The number of carbonyl (C=O) groups is 1. The number of nitrogens with zero attached hydrogens (tertiary/aromatic N) is 2. The van der Waals surface area contributed by atoms with Crippen LogP contribution in [0.5, 0.6) is 0 Å². The molecule has 3 rings (SSSR count). The molecule has 27 heavy (non-hydrogen) atoms. The van der Waals surface area contributed by atoms with E-state index in [9.17, 15) is 20.1 Å². The summed E-state index contributed by atoms with van der Waals surface area (Å²) in [5, 5.41) is 23.1. The first kappa shape index (κ1) is 18.3. The molecule has 3 aromatic rings. The fourth-order valence-electron chi connectivity index (χ4n) is 2.41. The molecular weight excluding hydrogens is 364 g/mol. The van der Waals surface area contributed by atoms with Crippen LogP contribution in [0.3, 0.4) is 0 Å². The molecule has 0 fully saturated rings. The van der Waals surface area contributed by atoms with Gasteiger partial charge in [-0.3, -0.25) is 14.9 Å². The molecule has 0 aliphatic carbocycles. The first-order valence-corrected chi connectivity index (χ1v) is 8.74. The predicted molar refractivity (Wildman–Crippen MR) is 103 cm³/mol. The maximum atomic E-state index is 12.6. The van der Waals surface area contributed by atoms with Gasteiger partial charge in [-0.05, 0) is 48.5 Å². The highest BCUT2D eigenvalue weighted by Gasteiger charge is 2.18. The lowest BCUT2D eigenvalue weighted by atomic mass is 10.0. The van der Waals surface area contributed by atoms with Crippen molar-refractivity contribution in [2.45, 2.75) is 9.79 Å². The summed E-state index contributed by atoms with van der Waals surface area (Å²) in [5.74, 6) is -0.470. The van der Waals surface area contributed by atoms with E-state index < -0.39 is 10.7 Å². The van der Waals surface area contributed by atoms with Crippen molar-refractivity contribution in [3.05, 3.63) is 100 Å². The molecule has 0 radical (unpaired) electrons. The van der Waals surface area contributed by atoms with Crippen LogP contribution in [0.2, 0.25) is 0 Å². The van der Waals surface area contributed by atoms with Crippen molar-refractivity contribution in [3.8, 4) is 0 Å². The van der Waals surface area contributed by atoms with Crippen LogP contribution in [0, 0.1) is 10.1 Å². The van der Waals surface area contributed by atoms with Gasteiger partial charge in [0.2, 0.25) is 5.78 Å². The van der Waals surface area contributed by atoms with E-state index in [1.165, 1.54) is 24.3 Å². The summed E-state index contributed by atoms with van der Waals surface area (Å²) in [7, 11) is 0. The highest BCUT2D eigenvalue weighted by Crippen LogP contribution is 2.27. The molecule has 0 amide bonds. The molecular formula is C20H14N2O4S. The number of nitro groups is 1. The van der Waals surface area contributed by atoms with E-state index in [1.54, 1.807) is 23.9 Å². The molecule has 7 heteroatoms. The van der Waals surface area contributed by atoms with Gasteiger partial charge in [0.05, 0.1) is 4.92 Å². The van der Waals surface area contributed by atoms with Crippen LogP contribution >= 0.6 is 11.8 Å². The average molecular weight is 378 g/mol. The van der Waals surface area contributed by atoms with Crippen LogP contribution in [-0.4, -0.2) is 21.6 Å². The zero-order valence-electron chi connectivity index (χ0n) is 14.0. The van der Waals surface area contributed by atoms with Gasteiger partial charge in [0.15, 0.2) is 5.71 Å². The Kier molecular flexibility index (Phi) is 5.63. The lowest BCUT2D eigenvalue weighted by molar-refractivity contribution is -0.384. The molecule has 0 aliphatic rings. The second-order valence-electron chi connectivity index (χ2n) is 5.52. The third kappa shape index (κ3) is 4.39. The molecule has 0 bridgehead atoms. The van der Waals surface area contributed by atoms with E-state index in [1.807, 2.05) is 42.5 Å². The van der Waals surface area contributed by atoms with Crippen LogP contribution in [0.4, 0.5) is 5.69 Å². The molecule has 134 valence electrons. The normalized spacial score (nSPS) is 11.2.